The minimum atomic E-state index is -1.25. The topological polar surface area (TPSA) is 86.6 Å². The van der Waals surface area contributed by atoms with Crippen LogP contribution < -0.4 is 5.32 Å². The predicted octanol–water partition coefficient (Wildman–Crippen LogP) is 2.40. The van der Waals surface area contributed by atoms with Gasteiger partial charge in [-0.25, -0.2) is 4.79 Å². The molecular weight excluding hydrogens is 254 g/mol. The number of rotatable bonds is 3. The van der Waals surface area contributed by atoms with Crippen LogP contribution >= 0.6 is 11.3 Å². The monoisotopic (exact) mass is 263 g/mol. The molecule has 0 spiro atoms. The number of benzene rings is 1. The maximum Gasteiger partial charge on any atom is 0.339 e. The second kappa shape index (κ2) is 4.89. The molecular formula is C12H9NO4S. The highest BCUT2D eigenvalue weighted by atomic mass is 32.1. The number of anilines is 1. The first-order valence-electron chi connectivity index (χ1n) is 4.98. The summed E-state index contributed by atoms with van der Waals surface area (Å²) in [5.74, 6) is -2.10. The van der Waals surface area contributed by atoms with E-state index in [1.165, 1.54) is 29.5 Å². The summed E-state index contributed by atoms with van der Waals surface area (Å²) in [6.07, 6.45) is 0. The molecule has 0 bridgehead atoms. The number of carbonyl (C=O) groups is 2. The van der Waals surface area contributed by atoms with E-state index in [4.69, 9.17) is 5.11 Å². The molecule has 1 amide bonds. The van der Waals surface area contributed by atoms with Gasteiger partial charge in [0.2, 0.25) is 0 Å². The van der Waals surface area contributed by atoms with Crippen molar-refractivity contribution in [2.45, 2.75) is 0 Å². The van der Waals surface area contributed by atoms with Crippen LogP contribution in [-0.2, 0) is 0 Å². The van der Waals surface area contributed by atoms with Crippen molar-refractivity contribution < 1.29 is 19.8 Å². The summed E-state index contributed by atoms with van der Waals surface area (Å²) in [6.45, 7) is 0. The number of aromatic hydroxyl groups is 1. The second-order valence-corrected chi connectivity index (χ2v) is 4.25. The molecule has 2 rings (SSSR count). The van der Waals surface area contributed by atoms with Crippen molar-refractivity contribution in [3.8, 4) is 5.75 Å². The lowest BCUT2D eigenvalue weighted by molar-refractivity contribution is 0.0693. The number of aromatic carboxylic acids is 1. The number of hydrogen-bond acceptors (Lipinski definition) is 4. The Bertz CT molecular complexity index is 592. The van der Waals surface area contributed by atoms with Crippen molar-refractivity contribution in [2.75, 3.05) is 5.32 Å². The van der Waals surface area contributed by atoms with Crippen LogP contribution in [0.5, 0.6) is 5.75 Å². The quantitative estimate of drug-likeness (QED) is 0.742. The minimum absolute atomic E-state index is 0.0751. The Morgan fingerprint density at radius 3 is 2.61 bits per heavy atom. The molecule has 1 aromatic carbocycles. The number of hydrogen-bond donors (Lipinski definition) is 3. The van der Waals surface area contributed by atoms with Crippen LogP contribution in [0.3, 0.4) is 0 Å². The van der Waals surface area contributed by atoms with Gasteiger partial charge in [-0.05, 0) is 23.6 Å². The maximum absolute atomic E-state index is 11.7. The number of amides is 1. The number of carboxylic acid groups (broad SMARTS) is 1. The first-order chi connectivity index (χ1) is 8.59. The van der Waals surface area contributed by atoms with Crippen LogP contribution in [0.2, 0.25) is 0 Å². The number of phenols is 1. The second-order valence-electron chi connectivity index (χ2n) is 3.47. The molecule has 18 heavy (non-hydrogen) atoms. The summed E-state index contributed by atoms with van der Waals surface area (Å²) in [5, 5.41) is 24.4. The Kier molecular flexibility index (Phi) is 3.29. The van der Waals surface area contributed by atoms with Gasteiger partial charge in [0.1, 0.15) is 5.56 Å². The lowest BCUT2D eigenvalue weighted by atomic mass is 10.1. The molecule has 0 atom stereocenters. The van der Waals surface area contributed by atoms with E-state index in [0.717, 1.165) is 0 Å². The van der Waals surface area contributed by atoms with Crippen LogP contribution in [0, 0.1) is 0 Å². The Hall–Kier alpha value is -2.34. The SMILES string of the molecule is O=C(Nc1cccc(C(=O)O)c1O)c1ccsc1. The lowest BCUT2D eigenvalue weighted by Crippen LogP contribution is -2.11. The van der Waals surface area contributed by atoms with Crippen molar-refractivity contribution in [3.63, 3.8) is 0 Å². The van der Waals surface area contributed by atoms with Crippen molar-refractivity contribution in [3.05, 3.63) is 46.2 Å². The first-order valence-corrected chi connectivity index (χ1v) is 5.92. The van der Waals surface area contributed by atoms with Crippen LogP contribution in [0.1, 0.15) is 20.7 Å². The Morgan fingerprint density at radius 2 is 2.00 bits per heavy atom. The van der Waals surface area contributed by atoms with Crippen molar-refractivity contribution in [1.29, 1.82) is 0 Å². The van der Waals surface area contributed by atoms with Crippen LogP contribution in [0.25, 0.3) is 0 Å². The molecule has 0 aliphatic rings. The third-order valence-corrected chi connectivity index (χ3v) is 2.98. The summed E-state index contributed by atoms with van der Waals surface area (Å²) in [6, 6.07) is 5.79. The smallest absolute Gasteiger partial charge is 0.339 e. The van der Waals surface area contributed by atoms with Crippen LogP contribution in [0.4, 0.5) is 5.69 Å². The average molecular weight is 263 g/mol. The molecule has 1 aromatic heterocycles. The summed E-state index contributed by atoms with van der Waals surface area (Å²) in [5.41, 5.74) is 0.282. The van der Waals surface area contributed by atoms with E-state index in [1.807, 2.05) is 0 Å². The van der Waals surface area contributed by atoms with Gasteiger partial charge in [-0.3, -0.25) is 4.79 Å². The molecule has 6 heteroatoms. The fourth-order valence-corrected chi connectivity index (χ4v) is 2.04. The Labute approximate surface area is 106 Å². The highest BCUT2D eigenvalue weighted by Crippen LogP contribution is 2.27. The van der Waals surface area contributed by atoms with Crippen LogP contribution in [0.15, 0.2) is 35.0 Å². The number of carbonyl (C=O) groups excluding carboxylic acids is 1. The van der Waals surface area contributed by atoms with Gasteiger partial charge in [0.05, 0.1) is 11.3 Å². The molecule has 1 heterocycles. The third-order valence-electron chi connectivity index (χ3n) is 2.30. The normalized spacial score (nSPS) is 10.0. The largest absolute Gasteiger partial charge is 0.505 e. The number of thiophene rings is 1. The molecule has 5 nitrogen and oxygen atoms in total. The molecule has 0 fully saturated rings. The van der Waals surface area contributed by atoms with Crippen molar-refractivity contribution in [2.24, 2.45) is 0 Å². The van der Waals surface area contributed by atoms with Gasteiger partial charge in [-0.15, -0.1) is 0 Å². The molecule has 0 aliphatic carbocycles. The predicted molar refractivity (Wildman–Crippen MR) is 67.3 cm³/mol. The lowest BCUT2D eigenvalue weighted by Gasteiger charge is -2.08. The highest BCUT2D eigenvalue weighted by molar-refractivity contribution is 7.08. The average Bonchev–Trinajstić information content (AvgIpc) is 2.85. The Balaban J connectivity index is 2.27. The summed E-state index contributed by atoms with van der Waals surface area (Å²) in [4.78, 5) is 22.6. The van der Waals surface area contributed by atoms with Crippen molar-refractivity contribution in [1.82, 2.24) is 0 Å². The number of carboxylic acids is 1. The van der Waals surface area contributed by atoms with Gasteiger partial charge in [-0.2, -0.15) is 11.3 Å². The number of nitrogens with one attached hydrogen (secondary N) is 1. The van der Waals surface area contributed by atoms with Gasteiger partial charge < -0.3 is 15.5 Å². The van der Waals surface area contributed by atoms with E-state index >= 15 is 0 Å². The fourth-order valence-electron chi connectivity index (χ4n) is 1.41. The van der Waals surface area contributed by atoms with E-state index in [2.05, 4.69) is 5.32 Å². The van der Waals surface area contributed by atoms with E-state index < -0.39 is 17.6 Å². The van der Waals surface area contributed by atoms with Gasteiger partial charge >= 0.3 is 5.97 Å². The summed E-state index contributed by atoms with van der Waals surface area (Å²) >= 11 is 1.37. The van der Waals surface area contributed by atoms with Gasteiger partial charge in [0.25, 0.3) is 5.91 Å². The van der Waals surface area contributed by atoms with E-state index in [1.54, 1.807) is 16.8 Å². The van der Waals surface area contributed by atoms with Gasteiger partial charge in [-0.1, -0.05) is 6.07 Å². The third kappa shape index (κ3) is 2.33. The summed E-state index contributed by atoms with van der Waals surface area (Å²) < 4.78 is 0. The molecule has 3 N–H and O–H groups in total. The van der Waals surface area contributed by atoms with Crippen LogP contribution in [-0.4, -0.2) is 22.1 Å². The zero-order valence-corrected chi connectivity index (χ0v) is 9.90. The maximum atomic E-state index is 11.7. The molecule has 0 radical (unpaired) electrons. The van der Waals surface area contributed by atoms with E-state index in [9.17, 15) is 14.7 Å². The molecule has 92 valence electrons. The fraction of sp³-hybridized carbons (Fsp3) is 0. The molecule has 0 saturated carbocycles. The number of para-hydroxylation sites is 1. The zero-order valence-electron chi connectivity index (χ0n) is 9.08. The standard InChI is InChI=1S/C12H9NO4S/c14-10-8(12(16)17)2-1-3-9(10)13-11(15)7-4-5-18-6-7/h1-6,14H,(H,13,15)(H,16,17). The minimum Gasteiger partial charge on any atom is -0.505 e. The first kappa shape index (κ1) is 12.1. The van der Waals surface area contributed by atoms with Gasteiger partial charge in [0.15, 0.2) is 5.75 Å². The van der Waals surface area contributed by atoms with E-state index in [0.29, 0.717) is 5.56 Å². The molecule has 0 aliphatic heterocycles. The van der Waals surface area contributed by atoms with Crippen molar-refractivity contribution >= 4 is 28.9 Å². The Morgan fingerprint density at radius 1 is 1.22 bits per heavy atom. The zero-order chi connectivity index (χ0) is 13.1. The van der Waals surface area contributed by atoms with Gasteiger partial charge in [0, 0.05) is 5.38 Å². The molecule has 2 aromatic rings. The summed E-state index contributed by atoms with van der Waals surface area (Å²) in [7, 11) is 0. The highest BCUT2D eigenvalue weighted by Gasteiger charge is 2.15. The van der Waals surface area contributed by atoms with E-state index in [-0.39, 0.29) is 11.3 Å². The molecule has 0 saturated heterocycles. The molecule has 0 unspecified atom stereocenters.